The van der Waals surface area contributed by atoms with Gasteiger partial charge in [-0.25, -0.2) is 4.79 Å². The van der Waals surface area contributed by atoms with Crippen LogP contribution in [-0.4, -0.2) is 48.4 Å². The Kier molecular flexibility index (Phi) is 4.37. The third kappa shape index (κ3) is 3.29. The van der Waals surface area contributed by atoms with Gasteiger partial charge in [0, 0.05) is 43.0 Å². The highest BCUT2D eigenvalue weighted by Crippen LogP contribution is 2.55. The van der Waals surface area contributed by atoms with Crippen LogP contribution in [0.3, 0.4) is 0 Å². The molecule has 4 saturated carbocycles. The summed E-state index contributed by atoms with van der Waals surface area (Å²) < 4.78 is 0. The number of nitrogens with zero attached hydrogens (tertiary/aromatic N) is 2. The first-order chi connectivity index (χ1) is 13.5. The summed E-state index contributed by atoms with van der Waals surface area (Å²) >= 11 is 0. The van der Waals surface area contributed by atoms with Gasteiger partial charge in [0.2, 0.25) is 0 Å². The first-order valence-electron chi connectivity index (χ1n) is 10.9. The van der Waals surface area contributed by atoms with Gasteiger partial charge in [-0.3, -0.25) is 4.79 Å². The normalized spacial score (nSPS) is 33.8. The number of carbonyl (C=O) groups is 2. The number of carbonyl (C=O) groups excluding carboxylic acids is 2. The zero-order valence-corrected chi connectivity index (χ0v) is 16.8. The summed E-state index contributed by atoms with van der Waals surface area (Å²) in [5, 5.41) is 3.50. The first-order valence-corrected chi connectivity index (χ1v) is 10.9. The third-order valence-electron chi connectivity index (χ3n) is 7.62. The van der Waals surface area contributed by atoms with E-state index in [1.165, 1.54) is 38.5 Å². The molecule has 150 valence electrons. The highest BCUT2D eigenvalue weighted by atomic mass is 16.2. The zero-order valence-electron chi connectivity index (χ0n) is 16.8. The van der Waals surface area contributed by atoms with Crippen molar-refractivity contribution in [3.63, 3.8) is 0 Å². The van der Waals surface area contributed by atoms with Crippen molar-refractivity contribution < 1.29 is 9.59 Å². The highest BCUT2D eigenvalue weighted by molar-refractivity contribution is 5.94. The smallest absolute Gasteiger partial charge is 0.317 e. The Hall–Kier alpha value is -2.04. The molecule has 5 nitrogen and oxygen atoms in total. The molecule has 1 saturated heterocycles. The van der Waals surface area contributed by atoms with Crippen LogP contribution in [0.2, 0.25) is 0 Å². The molecule has 1 aliphatic heterocycles. The second kappa shape index (κ2) is 6.78. The van der Waals surface area contributed by atoms with Gasteiger partial charge in [0.05, 0.1) is 0 Å². The molecule has 1 heterocycles. The number of anilines is 1. The number of piperazine rings is 1. The molecule has 0 aromatic heterocycles. The molecule has 4 aliphatic carbocycles. The Bertz CT molecular complexity index is 729. The molecule has 0 radical (unpaired) electrons. The largest absolute Gasteiger partial charge is 0.368 e. The van der Waals surface area contributed by atoms with Gasteiger partial charge in [0.25, 0.3) is 0 Å². The number of rotatable bonds is 3. The van der Waals surface area contributed by atoms with Crippen molar-refractivity contribution in [3.8, 4) is 0 Å². The van der Waals surface area contributed by atoms with Crippen LogP contribution in [0.15, 0.2) is 24.3 Å². The molecular formula is C23H31N3O2. The van der Waals surface area contributed by atoms with Gasteiger partial charge in [0.15, 0.2) is 5.78 Å². The summed E-state index contributed by atoms with van der Waals surface area (Å²) in [6, 6.07) is 7.96. The number of nitrogens with one attached hydrogen (secondary N) is 1. The van der Waals surface area contributed by atoms with Crippen LogP contribution in [0.1, 0.15) is 55.8 Å². The second-order valence-corrected chi connectivity index (χ2v) is 9.71. The van der Waals surface area contributed by atoms with Crippen LogP contribution in [0.4, 0.5) is 10.5 Å². The van der Waals surface area contributed by atoms with Gasteiger partial charge >= 0.3 is 6.03 Å². The maximum absolute atomic E-state index is 13.0. The molecule has 28 heavy (non-hydrogen) atoms. The van der Waals surface area contributed by atoms with Crippen LogP contribution < -0.4 is 10.2 Å². The lowest BCUT2D eigenvalue weighted by Gasteiger charge is -2.57. The molecule has 0 atom stereocenters. The van der Waals surface area contributed by atoms with E-state index in [-0.39, 0.29) is 17.4 Å². The second-order valence-electron chi connectivity index (χ2n) is 9.71. The molecule has 0 unspecified atom stereocenters. The molecule has 1 aromatic rings. The van der Waals surface area contributed by atoms with Crippen LogP contribution in [0.25, 0.3) is 0 Å². The topological polar surface area (TPSA) is 52.7 Å². The number of Topliss-reactive ketones (excluding diaryl/α,β-unsaturated/α-hetero) is 1. The van der Waals surface area contributed by atoms with Gasteiger partial charge in [-0.1, -0.05) is 0 Å². The number of ketones is 1. The van der Waals surface area contributed by atoms with Crippen molar-refractivity contribution >= 4 is 17.5 Å². The van der Waals surface area contributed by atoms with E-state index in [0.717, 1.165) is 55.2 Å². The number of amides is 2. The van der Waals surface area contributed by atoms with E-state index in [9.17, 15) is 9.59 Å². The summed E-state index contributed by atoms with van der Waals surface area (Å²) in [6.45, 7) is 4.79. The zero-order chi connectivity index (χ0) is 19.3. The van der Waals surface area contributed by atoms with Crippen molar-refractivity contribution in [2.45, 2.75) is 51.0 Å². The van der Waals surface area contributed by atoms with Crippen LogP contribution >= 0.6 is 0 Å². The fraction of sp³-hybridized carbons (Fsp3) is 0.652. The number of benzene rings is 1. The number of hydrogen-bond donors (Lipinski definition) is 1. The average Bonchev–Trinajstić information content (AvgIpc) is 2.67. The lowest BCUT2D eigenvalue weighted by molar-refractivity contribution is -0.0157. The SMILES string of the molecule is CC(=O)c1ccc(N2CCN(C(=O)NC34CC5CC(CC(C5)C3)C4)CC2)cc1. The molecule has 5 fully saturated rings. The average molecular weight is 382 g/mol. The van der Waals surface area contributed by atoms with Gasteiger partial charge < -0.3 is 15.1 Å². The fourth-order valence-electron chi connectivity index (χ4n) is 6.64. The minimum absolute atomic E-state index is 0.0888. The molecule has 2 amide bonds. The van der Waals surface area contributed by atoms with E-state index in [2.05, 4.69) is 10.2 Å². The Morgan fingerprint density at radius 2 is 1.43 bits per heavy atom. The minimum atomic E-state index is 0.0888. The summed E-state index contributed by atoms with van der Waals surface area (Å²) in [4.78, 5) is 28.8. The van der Waals surface area contributed by atoms with Crippen LogP contribution in [-0.2, 0) is 0 Å². The minimum Gasteiger partial charge on any atom is -0.368 e. The lowest BCUT2D eigenvalue weighted by Crippen LogP contribution is -2.63. The Morgan fingerprint density at radius 3 is 1.93 bits per heavy atom. The number of hydrogen-bond acceptors (Lipinski definition) is 3. The third-order valence-corrected chi connectivity index (χ3v) is 7.62. The van der Waals surface area contributed by atoms with Crippen LogP contribution in [0, 0.1) is 17.8 Å². The fourth-order valence-corrected chi connectivity index (χ4v) is 6.64. The number of urea groups is 1. The van der Waals surface area contributed by atoms with E-state index in [4.69, 9.17) is 0 Å². The molecule has 4 bridgehead atoms. The molecular weight excluding hydrogens is 350 g/mol. The summed E-state index contributed by atoms with van der Waals surface area (Å²) in [7, 11) is 0. The maximum atomic E-state index is 13.0. The van der Waals surface area contributed by atoms with Gasteiger partial charge in [-0.05, 0) is 87.5 Å². The molecule has 1 N–H and O–H groups in total. The van der Waals surface area contributed by atoms with Crippen molar-refractivity contribution in [3.05, 3.63) is 29.8 Å². The lowest BCUT2D eigenvalue weighted by atomic mass is 9.53. The van der Waals surface area contributed by atoms with Crippen LogP contribution in [0.5, 0.6) is 0 Å². The van der Waals surface area contributed by atoms with E-state index in [1.807, 2.05) is 29.2 Å². The molecule has 6 rings (SSSR count). The molecule has 5 aliphatic rings. The highest BCUT2D eigenvalue weighted by Gasteiger charge is 2.51. The van der Waals surface area contributed by atoms with Crippen molar-refractivity contribution in [1.82, 2.24) is 10.2 Å². The van der Waals surface area contributed by atoms with E-state index in [1.54, 1.807) is 6.92 Å². The quantitative estimate of drug-likeness (QED) is 0.813. The van der Waals surface area contributed by atoms with Gasteiger partial charge in [0.1, 0.15) is 0 Å². The summed E-state index contributed by atoms with van der Waals surface area (Å²) in [5.74, 6) is 2.64. The maximum Gasteiger partial charge on any atom is 0.317 e. The van der Waals surface area contributed by atoms with Gasteiger partial charge in [-0.2, -0.15) is 0 Å². The monoisotopic (exact) mass is 381 g/mol. The van der Waals surface area contributed by atoms with Crippen molar-refractivity contribution in [2.75, 3.05) is 31.1 Å². The standard InChI is InChI=1S/C23H31N3O2/c1-16(27)20-2-4-21(5-3-20)25-6-8-26(9-7-25)22(28)24-23-13-17-10-18(14-23)12-19(11-17)15-23/h2-5,17-19H,6-15H2,1H3,(H,24,28). The van der Waals surface area contributed by atoms with E-state index in [0.29, 0.717) is 0 Å². The summed E-state index contributed by atoms with van der Waals surface area (Å²) in [6.07, 6.45) is 7.80. The Labute approximate surface area is 167 Å². The Morgan fingerprint density at radius 1 is 0.893 bits per heavy atom. The predicted octanol–water partition coefficient (Wildman–Crippen LogP) is 3.69. The van der Waals surface area contributed by atoms with Crippen molar-refractivity contribution in [2.24, 2.45) is 17.8 Å². The van der Waals surface area contributed by atoms with E-state index < -0.39 is 0 Å². The van der Waals surface area contributed by atoms with Crippen molar-refractivity contribution in [1.29, 1.82) is 0 Å². The first kappa shape index (κ1) is 18.0. The Balaban J connectivity index is 1.18. The molecule has 5 heteroatoms. The van der Waals surface area contributed by atoms with Gasteiger partial charge in [-0.15, -0.1) is 0 Å². The molecule has 0 spiro atoms. The van der Waals surface area contributed by atoms with E-state index >= 15 is 0 Å². The predicted molar refractivity (Wildman–Crippen MR) is 110 cm³/mol. The molecule has 1 aromatic carbocycles. The summed E-state index contributed by atoms with van der Waals surface area (Å²) in [5.41, 5.74) is 1.97.